The fraction of sp³-hybridized carbons (Fsp3) is 0.458. The van der Waals surface area contributed by atoms with Gasteiger partial charge in [0.15, 0.2) is 0 Å². The van der Waals surface area contributed by atoms with Crippen LogP contribution in [0.15, 0.2) is 30.3 Å². The van der Waals surface area contributed by atoms with Gasteiger partial charge in [-0.1, -0.05) is 13.0 Å². The van der Waals surface area contributed by atoms with Gasteiger partial charge in [-0.05, 0) is 55.1 Å². The van der Waals surface area contributed by atoms with E-state index in [1.807, 2.05) is 0 Å². The lowest BCUT2D eigenvalue weighted by molar-refractivity contribution is 0.0472. The van der Waals surface area contributed by atoms with Crippen molar-refractivity contribution in [2.24, 2.45) is 5.92 Å². The van der Waals surface area contributed by atoms with Gasteiger partial charge in [-0.2, -0.15) is 0 Å². The quantitative estimate of drug-likeness (QED) is 0.566. The number of carboxylic acid groups (broad SMARTS) is 1. The molecule has 0 aromatic heterocycles. The van der Waals surface area contributed by atoms with Crippen molar-refractivity contribution >= 4 is 28.6 Å². The van der Waals surface area contributed by atoms with Gasteiger partial charge in [0.1, 0.15) is 17.1 Å². The van der Waals surface area contributed by atoms with Crippen LogP contribution in [0.4, 0.5) is 15.8 Å². The average Bonchev–Trinajstić information content (AvgIpc) is 3.47. The van der Waals surface area contributed by atoms with Crippen molar-refractivity contribution in [1.29, 1.82) is 0 Å². The Morgan fingerprint density at radius 1 is 1.35 bits per heavy atom. The molecular formula is C24H26FN2O6S-. The largest absolute Gasteiger partial charge is 0.755 e. The van der Waals surface area contributed by atoms with Gasteiger partial charge in [0.2, 0.25) is 0 Å². The van der Waals surface area contributed by atoms with Gasteiger partial charge in [0.05, 0.1) is 42.0 Å². The van der Waals surface area contributed by atoms with E-state index in [0.29, 0.717) is 18.1 Å². The van der Waals surface area contributed by atoms with Gasteiger partial charge in [-0.15, -0.1) is 0 Å². The summed E-state index contributed by atoms with van der Waals surface area (Å²) in [4.78, 5) is 14.5. The standard InChI is InChI=1S/C24H27FN2O6S/c1-2-26-8-7-17(11-26)32-13-15-9-16(25)3-5-20(15)27(34(30)31)21-6-4-18-19-10-14(19)12-33-23(18)22(21)24(28)29/h3-6,9,14,17,19H,2,7-8,10-13H2,1H3,(H,28,29)(H,30,31)/p-1/t14-,17-,19-/m0/s1. The van der Waals surface area contributed by atoms with Crippen LogP contribution in [-0.4, -0.2) is 57.1 Å². The first-order valence-corrected chi connectivity index (χ1v) is 12.5. The van der Waals surface area contributed by atoms with E-state index in [0.717, 1.165) is 48.4 Å². The second-order valence-corrected chi connectivity index (χ2v) is 9.80. The van der Waals surface area contributed by atoms with Crippen LogP contribution in [0.25, 0.3) is 0 Å². The van der Waals surface area contributed by atoms with Crippen molar-refractivity contribution in [3.8, 4) is 5.75 Å². The van der Waals surface area contributed by atoms with Crippen LogP contribution >= 0.6 is 0 Å². The van der Waals surface area contributed by atoms with E-state index in [1.165, 1.54) is 18.2 Å². The summed E-state index contributed by atoms with van der Waals surface area (Å²) in [6.07, 6.45) is 1.72. The summed E-state index contributed by atoms with van der Waals surface area (Å²) in [6.45, 7) is 5.05. The van der Waals surface area contributed by atoms with Crippen molar-refractivity contribution < 1.29 is 32.5 Å². The lowest BCUT2D eigenvalue weighted by atomic mass is 9.99. The molecule has 2 aromatic rings. The highest BCUT2D eigenvalue weighted by Crippen LogP contribution is 2.56. The van der Waals surface area contributed by atoms with E-state index in [4.69, 9.17) is 9.47 Å². The first-order chi connectivity index (χ1) is 16.4. The smallest absolute Gasteiger partial charge is 0.341 e. The van der Waals surface area contributed by atoms with Crippen LogP contribution in [0.5, 0.6) is 5.75 Å². The van der Waals surface area contributed by atoms with Crippen LogP contribution in [0.2, 0.25) is 0 Å². The first-order valence-electron chi connectivity index (χ1n) is 11.4. The molecule has 1 unspecified atom stereocenters. The molecule has 1 aliphatic carbocycles. The Hall–Kier alpha value is -2.53. The molecule has 2 aromatic carbocycles. The molecule has 0 radical (unpaired) electrons. The molecule has 2 heterocycles. The van der Waals surface area contributed by atoms with Crippen LogP contribution in [0.1, 0.15) is 47.2 Å². The number of hydrogen-bond donors (Lipinski definition) is 1. The van der Waals surface area contributed by atoms with Crippen molar-refractivity contribution in [2.45, 2.75) is 38.4 Å². The Bertz CT molecular complexity index is 1140. The summed E-state index contributed by atoms with van der Waals surface area (Å²) in [5.74, 6) is -0.986. The summed E-state index contributed by atoms with van der Waals surface area (Å²) >= 11 is -2.88. The van der Waals surface area contributed by atoms with Gasteiger partial charge in [0.25, 0.3) is 0 Å². The van der Waals surface area contributed by atoms with E-state index in [1.54, 1.807) is 6.07 Å². The predicted octanol–water partition coefficient (Wildman–Crippen LogP) is 3.56. The third kappa shape index (κ3) is 4.31. The lowest BCUT2D eigenvalue weighted by Gasteiger charge is -2.31. The van der Waals surface area contributed by atoms with Crippen molar-refractivity contribution in [1.82, 2.24) is 4.90 Å². The monoisotopic (exact) mass is 489 g/mol. The summed E-state index contributed by atoms with van der Waals surface area (Å²) in [6, 6.07) is 6.94. The van der Waals surface area contributed by atoms with E-state index < -0.39 is 23.1 Å². The second-order valence-electron chi connectivity index (χ2n) is 9.00. The number of likely N-dealkylation sites (N-methyl/N-ethyl adjacent to an activating group) is 1. The molecule has 3 aliphatic rings. The molecule has 2 fully saturated rings. The Morgan fingerprint density at radius 3 is 2.85 bits per heavy atom. The molecule has 2 aliphatic heterocycles. The zero-order valence-corrected chi connectivity index (χ0v) is 19.6. The van der Waals surface area contributed by atoms with Gasteiger partial charge >= 0.3 is 5.97 Å². The predicted molar refractivity (Wildman–Crippen MR) is 123 cm³/mol. The highest BCUT2D eigenvalue weighted by Gasteiger charge is 2.45. The van der Waals surface area contributed by atoms with Gasteiger partial charge < -0.3 is 24.0 Å². The Balaban J connectivity index is 1.52. The third-order valence-electron chi connectivity index (χ3n) is 6.92. The van der Waals surface area contributed by atoms with Gasteiger partial charge in [0, 0.05) is 24.6 Å². The fourth-order valence-corrected chi connectivity index (χ4v) is 5.65. The number of anilines is 2. The number of carboxylic acids is 1. The molecule has 0 amide bonds. The number of rotatable bonds is 8. The second kappa shape index (κ2) is 9.26. The molecule has 1 N–H and O–H groups in total. The zero-order chi connectivity index (χ0) is 24.0. The highest BCUT2D eigenvalue weighted by molar-refractivity contribution is 7.81. The van der Waals surface area contributed by atoms with E-state index in [9.17, 15) is 23.1 Å². The molecule has 0 bridgehead atoms. The number of nitrogens with zero attached hydrogens (tertiary/aromatic N) is 2. The van der Waals surface area contributed by atoms with E-state index in [-0.39, 0.29) is 41.3 Å². The van der Waals surface area contributed by atoms with Crippen LogP contribution in [-0.2, 0) is 22.6 Å². The van der Waals surface area contributed by atoms with Crippen LogP contribution < -0.4 is 9.04 Å². The van der Waals surface area contributed by atoms with Gasteiger partial charge in [-0.25, -0.2) is 9.18 Å². The number of likely N-dealkylation sites (tertiary alicyclic amines) is 1. The molecular weight excluding hydrogens is 463 g/mol. The zero-order valence-electron chi connectivity index (χ0n) is 18.7. The number of carbonyl (C=O) groups is 1. The number of fused-ring (bicyclic) bond motifs is 3. The number of benzene rings is 2. The lowest BCUT2D eigenvalue weighted by Crippen LogP contribution is -2.25. The highest BCUT2D eigenvalue weighted by atomic mass is 32.2. The van der Waals surface area contributed by atoms with Crippen LogP contribution in [0, 0.1) is 11.7 Å². The topological polar surface area (TPSA) is 102 Å². The number of ether oxygens (including phenoxy) is 2. The summed E-state index contributed by atoms with van der Waals surface area (Å²) < 4.78 is 51.7. The molecule has 5 rings (SSSR count). The Morgan fingerprint density at radius 2 is 2.15 bits per heavy atom. The molecule has 1 saturated heterocycles. The average molecular weight is 490 g/mol. The third-order valence-corrected chi connectivity index (χ3v) is 7.61. The minimum absolute atomic E-state index is 0.00336. The maximum Gasteiger partial charge on any atom is 0.341 e. The van der Waals surface area contributed by atoms with Crippen molar-refractivity contribution in [2.75, 3.05) is 30.5 Å². The number of aromatic carboxylic acids is 1. The summed E-state index contributed by atoms with van der Waals surface area (Å²) in [5, 5.41) is 10.0. The normalized spacial score (nSPS) is 24.1. The molecule has 10 heteroatoms. The van der Waals surface area contributed by atoms with E-state index >= 15 is 0 Å². The maximum absolute atomic E-state index is 14.2. The number of hydrogen-bond acceptors (Lipinski definition) is 6. The van der Waals surface area contributed by atoms with Crippen molar-refractivity contribution in [3.63, 3.8) is 0 Å². The summed E-state index contributed by atoms with van der Waals surface area (Å²) in [7, 11) is 0. The van der Waals surface area contributed by atoms with Gasteiger partial charge in [-0.3, -0.25) is 8.51 Å². The molecule has 4 atom stereocenters. The van der Waals surface area contributed by atoms with E-state index in [2.05, 4.69) is 11.8 Å². The minimum Gasteiger partial charge on any atom is -0.755 e. The Kier molecular flexibility index (Phi) is 6.32. The van der Waals surface area contributed by atoms with Crippen LogP contribution in [0.3, 0.4) is 0 Å². The molecule has 34 heavy (non-hydrogen) atoms. The first kappa shape index (κ1) is 23.2. The summed E-state index contributed by atoms with van der Waals surface area (Å²) in [5.41, 5.74) is 0.986. The van der Waals surface area contributed by atoms with Crippen molar-refractivity contribution in [3.05, 3.63) is 52.8 Å². The molecule has 8 nitrogen and oxygen atoms in total. The molecule has 182 valence electrons. The SMILES string of the molecule is CCN1CC[C@H](OCc2cc(F)ccc2N(c2ccc3c(c2C(=O)O)OC[C@@H]2C[C@H]32)S(=O)[O-])C1. The Labute approximate surface area is 199 Å². The fourth-order valence-electron chi connectivity index (χ4n) is 5.00. The molecule has 0 spiro atoms. The number of halogens is 1. The molecule has 1 saturated carbocycles. The maximum atomic E-state index is 14.2. The minimum atomic E-state index is -2.88.